The van der Waals surface area contributed by atoms with Crippen molar-refractivity contribution in [2.45, 2.75) is 0 Å². The van der Waals surface area contributed by atoms with Crippen LogP contribution < -0.4 is 14.8 Å². The molecule has 0 radical (unpaired) electrons. The average Bonchev–Trinajstić information content (AvgIpc) is 3.44. The molecule has 31 heavy (non-hydrogen) atoms. The number of aromatic nitrogens is 3. The molecule has 4 aromatic rings. The monoisotopic (exact) mass is 458 g/mol. The molecule has 7 nitrogen and oxygen atoms in total. The second kappa shape index (κ2) is 8.75. The molecule has 0 aliphatic rings. The maximum Gasteiger partial charge on any atom is 0.295 e. The lowest BCUT2D eigenvalue weighted by molar-refractivity contribution is 0.101. The first-order valence-electron chi connectivity index (χ1n) is 9.00. The Labute approximate surface area is 186 Å². The fraction of sp³-hybridized carbons (Fsp3) is 0.0952. The molecule has 0 aliphatic heterocycles. The van der Waals surface area contributed by atoms with E-state index in [0.717, 1.165) is 4.88 Å². The molecule has 0 saturated carbocycles. The van der Waals surface area contributed by atoms with Crippen molar-refractivity contribution in [3.05, 3.63) is 70.6 Å². The highest BCUT2D eigenvalue weighted by molar-refractivity contribution is 7.13. The molecule has 0 atom stereocenters. The van der Waals surface area contributed by atoms with Crippen LogP contribution in [0, 0.1) is 5.82 Å². The molecule has 0 spiro atoms. The molecule has 1 N–H and O–H groups in total. The molecule has 0 aliphatic carbocycles. The Morgan fingerprint density at radius 2 is 1.94 bits per heavy atom. The molecule has 0 unspecified atom stereocenters. The van der Waals surface area contributed by atoms with Crippen molar-refractivity contribution < 1.29 is 18.7 Å². The van der Waals surface area contributed by atoms with Gasteiger partial charge < -0.3 is 14.8 Å². The Kier molecular flexibility index (Phi) is 5.88. The third-order valence-electron chi connectivity index (χ3n) is 4.33. The number of carbonyl (C=O) groups is 1. The minimum Gasteiger partial charge on any atom is -0.495 e. The van der Waals surface area contributed by atoms with E-state index in [-0.39, 0.29) is 5.82 Å². The van der Waals surface area contributed by atoms with Gasteiger partial charge in [-0.2, -0.15) is 0 Å². The van der Waals surface area contributed by atoms with Crippen LogP contribution in [0.2, 0.25) is 5.02 Å². The van der Waals surface area contributed by atoms with Crippen LogP contribution in [0.15, 0.2) is 53.9 Å². The Bertz CT molecular complexity index is 1240. The van der Waals surface area contributed by atoms with Crippen molar-refractivity contribution in [2.75, 3.05) is 19.5 Å². The highest BCUT2D eigenvalue weighted by Gasteiger charge is 2.21. The minimum atomic E-state index is -0.576. The van der Waals surface area contributed by atoms with E-state index < -0.39 is 11.7 Å². The van der Waals surface area contributed by atoms with E-state index in [1.165, 1.54) is 48.4 Å². The Hall–Kier alpha value is -3.43. The van der Waals surface area contributed by atoms with Crippen LogP contribution in [-0.2, 0) is 0 Å². The van der Waals surface area contributed by atoms with E-state index in [1.54, 1.807) is 18.2 Å². The predicted octanol–water partition coefficient (Wildman–Crippen LogP) is 5.06. The lowest BCUT2D eigenvalue weighted by Crippen LogP contribution is -2.15. The summed E-state index contributed by atoms with van der Waals surface area (Å²) in [5.74, 6) is 0.0935. The Balaban J connectivity index is 1.73. The van der Waals surface area contributed by atoms with Gasteiger partial charge in [-0.3, -0.25) is 4.79 Å². The second-order valence-corrected chi connectivity index (χ2v) is 7.62. The molecular formula is C21H16ClFN4O3S. The normalized spacial score (nSPS) is 10.7. The number of methoxy groups -OCH3 is 2. The van der Waals surface area contributed by atoms with Gasteiger partial charge in [0.2, 0.25) is 5.82 Å². The van der Waals surface area contributed by atoms with Crippen LogP contribution in [0.4, 0.5) is 10.1 Å². The van der Waals surface area contributed by atoms with Crippen molar-refractivity contribution in [1.29, 1.82) is 0 Å². The maximum atomic E-state index is 13.8. The van der Waals surface area contributed by atoms with Gasteiger partial charge in [0.1, 0.15) is 17.3 Å². The largest absolute Gasteiger partial charge is 0.495 e. The number of halogens is 2. The van der Waals surface area contributed by atoms with Gasteiger partial charge in [0.25, 0.3) is 5.91 Å². The number of ether oxygens (including phenoxy) is 2. The van der Waals surface area contributed by atoms with E-state index in [9.17, 15) is 9.18 Å². The molecule has 10 heteroatoms. The van der Waals surface area contributed by atoms with Gasteiger partial charge in [-0.25, -0.2) is 14.1 Å². The van der Waals surface area contributed by atoms with Crippen molar-refractivity contribution in [3.8, 4) is 27.9 Å². The molecule has 2 aromatic heterocycles. The van der Waals surface area contributed by atoms with Gasteiger partial charge in [0, 0.05) is 6.07 Å². The van der Waals surface area contributed by atoms with Crippen molar-refractivity contribution in [2.24, 2.45) is 0 Å². The summed E-state index contributed by atoms with van der Waals surface area (Å²) >= 11 is 7.61. The highest BCUT2D eigenvalue weighted by atomic mass is 35.5. The van der Waals surface area contributed by atoms with Crippen LogP contribution in [0.5, 0.6) is 11.5 Å². The van der Waals surface area contributed by atoms with Crippen molar-refractivity contribution >= 4 is 34.5 Å². The summed E-state index contributed by atoms with van der Waals surface area (Å²) in [5, 5.41) is 9.21. The van der Waals surface area contributed by atoms with Crippen molar-refractivity contribution in [1.82, 2.24) is 14.8 Å². The molecule has 1 amide bonds. The number of benzene rings is 2. The summed E-state index contributed by atoms with van der Waals surface area (Å²) in [6, 6.07) is 12.7. The van der Waals surface area contributed by atoms with Gasteiger partial charge >= 0.3 is 0 Å². The second-order valence-electron chi connectivity index (χ2n) is 6.27. The zero-order valence-corrected chi connectivity index (χ0v) is 18.0. The van der Waals surface area contributed by atoms with Crippen LogP contribution in [0.1, 0.15) is 10.6 Å². The number of nitrogens with zero attached hydrogens (tertiary/aromatic N) is 3. The number of hydrogen-bond donors (Lipinski definition) is 1. The minimum absolute atomic E-state index is 0.0957. The SMILES string of the molecule is COc1cc(OC)c(NC(=O)c2nc(-c3cccs3)n(-c3cccc(F)c3)n2)cc1Cl. The number of nitrogens with one attached hydrogen (secondary N) is 1. The quantitative estimate of drug-likeness (QED) is 0.437. The van der Waals surface area contributed by atoms with Gasteiger partial charge in [-0.05, 0) is 35.7 Å². The summed E-state index contributed by atoms with van der Waals surface area (Å²) in [5.41, 5.74) is 0.776. The van der Waals surface area contributed by atoms with Gasteiger partial charge in [-0.1, -0.05) is 23.7 Å². The number of thiophene rings is 1. The smallest absolute Gasteiger partial charge is 0.295 e. The van der Waals surface area contributed by atoms with Gasteiger partial charge in [-0.15, -0.1) is 16.4 Å². The topological polar surface area (TPSA) is 78.3 Å². The summed E-state index contributed by atoms with van der Waals surface area (Å²) < 4.78 is 25.7. The Morgan fingerprint density at radius 3 is 2.61 bits per heavy atom. The first kappa shape index (κ1) is 20.8. The number of rotatable bonds is 6. The molecule has 0 saturated heterocycles. The first-order valence-corrected chi connectivity index (χ1v) is 10.3. The molecule has 2 heterocycles. The van der Waals surface area contributed by atoms with E-state index in [4.69, 9.17) is 21.1 Å². The number of amides is 1. The molecule has 0 bridgehead atoms. The van der Waals surface area contributed by atoms with Gasteiger partial charge in [0.05, 0.1) is 35.5 Å². The third-order valence-corrected chi connectivity index (χ3v) is 5.49. The number of anilines is 1. The molecule has 4 rings (SSSR count). The number of hydrogen-bond acceptors (Lipinski definition) is 6. The van der Waals surface area contributed by atoms with E-state index >= 15 is 0 Å². The van der Waals surface area contributed by atoms with Gasteiger partial charge in [0.15, 0.2) is 5.82 Å². The lowest BCUT2D eigenvalue weighted by Gasteiger charge is -2.12. The van der Waals surface area contributed by atoms with Crippen LogP contribution in [-0.4, -0.2) is 34.9 Å². The predicted molar refractivity (Wildman–Crippen MR) is 117 cm³/mol. The fourth-order valence-corrected chi connectivity index (χ4v) is 3.84. The standard InChI is InChI=1S/C21H16ClFN4O3S/c1-29-16-11-17(30-2)15(10-14(16)22)24-21(28)19-25-20(18-7-4-8-31-18)27(26-19)13-6-3-5-12(23)9-13/h3-11H,1-2H3,(H,24,28). The molecule has 0 fully saturated rings. The van der Waals surface area contributed by atoms with Crippen LogP contribution >= 0.6 is 22.9 Å². The van der Waals surface area contributed by atoms with Crippen molar-refractivity contribution in [3.63, 3.8) is 0 Å². The maximum absolute atomic E-state index is 13.8. The number of carbonyl (C=O) groups excluding carboxylic acids is 1. The zero-order valence-electron chi connectivity index (χ0n) is 16.4. The molecule has 2 aromatic carbocycles. The van der Waals surface area contributed by atoms with Crippen LogP contribution in [0.25, 0.3) is 16.4 Å². The summed E-state index contributed by atoms with van der Waals surface area (Å²) in [6.45, 7) is 0. The summed E-state index contributed by atoms with van der Waals surface area (Å²) in [7, 11) is 2.94. The summed E-state index contributed by atoms with van der Waals surface area (Å²) in [6.07, 6.45) is 0. The summed E-state index contributed by atoms with van der Waals surface area (Å²) in [4.78, 5) is 18.1. The van der Waals surface area contributed by atoms with E-state index in [0.29, 0.717) is 33.7 Å². The average molecular weight is 459 g/mol. The third kappa shape index (κ3) is 4.23. The van der Waals surface area contributed by atoms with Crippen LogP contribution in [0.3, 0.4) is 0 Å². The fourth-order valence-electron chi connectivity index (χ4n) is 2.90. The Morgan fingerprint density at radius 1 is 1.13 bits per heavy atom. The highest BCUT2D eigenvalue weighted by Crippen LogP contribution is 2.36. The van der Waals surface area contributed by atoms with E-state index in [1.807, 2.05) is 17.5 Å². The molecular weight excluding hydrogens is 443 g/mol. The first-order chi connectivity index (χ1) is 15.0. The van der Waals surface area contributed by atoms with E-state index in [2.05, 4.69) is 15.4 Å². The lowest BCUT2D eigenvalue weighted by atomic mass is 10.2. The molecule has 158 valence electrons. The zero-order chi connectivity index (χ0) is 22.0.